The lowest BCUT2D eigenvalue weighted by Crippen LogP contribution is -2.21. The van der Waals surface area contributed by atoms with Gasteiger partial charge in [-0.15, -0.1) is 0 Å². The molecule has 0 aliphatic rings. The summed E-state index contributed by atoms with van der Waals surface area (Å²) in [5, 5.41) is 11.1. The molecule has 0 radical (unpaired) electrons. The van der Waals surface area contributed by atoms with Gasteiger partial charge in [0, 0.05) is 30.4 Å². The van der Waals surface area contributed by atoms with Gasteiger partial charge in [0.15, 0.2) is 0 Å². The van der Waals surface area contributed by atoms with Crippen molar-refractivity contribution in [2.45, 2.75) is 12.8 Å². The summed E-state index contributed by atoms with van der Waals surface area (Å²) in [6.07, 6.45) is 1.43. The van der Waals surface area contributed by atoms with Gasteiger partial charge < -0.3 is 9.30 Å². The van der Waals surface area contributed by atoms with Crippen molar-refractivity contribution in [3.05, 3.63) is 110 Å². The van der Waals surface area contributed by atoms with E-state index in [9.17, 15) is 19.7 Å². The van der Waals surface area contributed by atoms with Crippen LogP contribution in [0.1, 0.15) is 38.8 Å². The third-order valence-electron chi connectivity index (χ3n) is 5.09. The highest BCUT2D eigenvalue weighted by molar-refractivity contribution is 6.32. The molecule has 32 heavy (non-hydrogen) atoms. The van der Waals surface area contributed by atoms with E-state index in [0.29, 0.717) is 22.5 Å². The molecular weight excluding hydrogens is 432 g/mol. The standard InChI is InChI=1S/C24H21ClN2O5/c1-4-13-32-24(29)22(18-10-9-17(27(30)31)14-19(18)25)20-11-12-21(26(20)3)23(28)16-7-5-15(2)6-8-16/h4-12,14,22H,1,13H2,2-3H3. The molecule has 1 atom stereocenters. The number of halogens is 1. The Morgan fingerprint density at radius 2 is 1.88 bits per heavy atom. The summed E-state index contributed by atoms with van der Waals surface area (Å²) in [4.78, 5) is 36.5. The molecule has 7 nitrogen and oxygen atoms in total. The maximum Gasteiger partial charge on any atom is 0.319 e. The molecule has 3 aromatic rings. The van der Waals surface area contributed by atoms with Gasteiger partial charge in [-0.1, -0.05) is 54.1 Å². The first-order valence-corrected chi connectivity index (χ1v) is 10.1. The predicted octanol–water partition coefficient (Wildman–Crippen LogP) is 4.99. The highest BCUT2D eigenvalue weighted by atomic mass is 35.5. The third kappa shape index (κ3) is 4.63. The molecule has 1 unspecified atom stereocenters. The number of nitrogens with zero attached hydrogens (tertiary/aromatic N) is 2. The quantitative estimate of drug-likeness (QED) is 0.158. The molecule has 0 aliphatic heterocycles. The van der Waals surface area contributed by atoms with E-state index in [-0.39, 0.29) is 23.1 Å². The highest BCUT2D eigenvalue weighted by Crippen LogP contribution is 2.34. The summed E-state index contributed by atoms with van der Waals surface area (Å²) < 4.78 is 6.88. The smallest absolute Gasteiger partial charge is 0.319 e. The van der Waals surface area contributed by atoms with Crippen LogP contribution in [0.4, 0.5) is 5.69 Å². The number of benzene rings is 2. The number of carbonyl (C=O) groups is 2. The fourth-order valence-electron chi connectivity index (χ4n) is 3.39. The number of rotatable bonds is 8. The fraction of sp³-hybridized carbons (Fsp3) is 0.167. The van der Waals surface area contributed by atoms with Crippen molar-refractivity contribution >= 4 is 29.0 Å². The molecule has 0 bridgehead atoms. The molecule has 0 spiro atoms. The molecule has 1 aromatic heterocycles. The topological polar surface area (TPSA) is 91.4 Å². The Morgan fingerprint density at radius 1 is 1.19 bits per heavy atom. The van der Waals surface area contributed by atoms with Crippen LogP contribution < -0.4 is 0 Å². The summed E-state index contributed by atoms with van der Waals surface area (Å²) >= 11 is 6.32. The highest BCUT2D eigenvalue weighted by Gasteiger charge is 2.31. The second-order valence-electron chi connectivity index (χ2n) is 7.21. The van der Waals surface area contributed by atoms with Gasteiger partial charge in [0.25, 0.3) is 5.69 Å². The summed E-state index contributed by atoms with van der Waals surface area (Å²) in [5.41, 5.74) is 2.53. The molecule has 0 saturated heterocycles. The average molecular weight is 453 g/mol. The fourth-order valence-corrected chi connectivity index (χ4v) is 3.68. The first-order chi connectivity index (χ1) is 15.2. The van der Waals surface area contributed by atoms with E-state index in [0.717, 1.165) is 5.56 Å². The van der Waals surface area contributed by atoms with E-state index in [1.165, 1.54) is 24.3 Å². The number of aryl methyl sites for hydroxylation is 1. The van der Waals surface area contributed by atoms with Crippen LogP contribution in [0.25, 0.3) is 0 Å². The summed E-state index contributed by atoms with van der Waals surface area (Å²) in [5.74, 6) is -1.81. The monoisotopic (exact) mass is 452 g/mol. The molecule has 0 fully saturated rings. The number of ketones is 1. The maximum atomic E-state index is 13.0. The number of ether oxygens (including phenoxy) is 1. The molecule has 0 N–H and O–H groups in total. The number of hydrogen-bond acceptors (Lipinski definition) is 5. The van der Waals surface area contributed by atoms with E-state index in [4.69, 9.17) is 16.3 Å². The van der Waals surface area contributed by atoms with Crippen molar-refractivity contribution in [1.82, 2.24) is 4.57 Å². The van der Waals surface area contributed by atoms with Crippen molar-refractivity contribution in [2.24, 2.45) is 7.05 Å². The minimum absolute atomic E-state index is 0.0144. The zero-order valence-corrected chi connectivity index (χ0v) is 18.3. The zero-order chi connectivity index (χ0) is 23.4. The van der Waals surface area contributed by atoms with E-state index in [1.54, 1.807) is 35.9 Å². The van der Waals surface area contributed by atoms with Gasteiger partial charge in [0.1, 0.15) is 12.5 Å². The van der Waals surface area contributed by atoms with Gasteiger partial charge in [-0.25, -0.2) is 0 Å². The predicted molar refractivity (Wildman–Crippen MR) is 121 cm³/mol. The van der Waals surface area contributed by atoms with Gasteiger partial charge in [0.2, 0.25) is 5.78 Å². The van der Waals surface area contributed by atoms with Crippen LogP contribution in [-0.4, -0.2) is 27.8 Å². The van der Waals surface area contributed by atoms with Crippen molar-refractivity contribution in [2.75, 3.05) is 6.61 Å². The van der Waals surface area contributed by atoms with Crippen molar-refractivity contribution in [3.8, 4) is 0 Å². The summed E-state index contributed by atoms with van der Waals surface area (Å²) in [6, 6.07) is 14.4. The molecule has 0 amide bonds. The number of aromatic nitrogens is 1. The second kappa shape index (κ2) is 9.62. The van der Waals surface area contributed by atoms with Crippen LogP contribution in [-0.2, 0) is 16.6 Å². The number of nitro groups is 1. The van der Waals surface area contributed by atoms with Gasteiger partial charge in [-0.3, -0.25) is 19.7 Å². The SMILES string of the molecule is C=CCOC(=O)C(c1ccc([N+](=O)[O-])cc1Cl)c1ccc(C(=O)c2ccc(C)cc2)n1C. The van der Waals surface area contributed by atoms with Crippen LogP contribution in [0.3, 0.4) is 0 Å². The average Bonchev–Trinajstić information content (AvgIpc) is 3.14. The van der Waals surface area contributed by atoms with Crippen molar-refractivity contribution in [3.63, 3.8) is 0 Å². The largest absolute Gasteiger partial charge is 0.461 e. The van der Waals surface area contributed by atoms with Gasteiger partial charge in [0.05, 0.1) is 15.6 Å². The first-order valence-electron chi connectivity index (χ1n) is 9.73. The lowest BCUT2D eigenvalue weighted by molar-refractivity contribution is -0.384. The Kier molecular flexibility index (Phi) is 6.90. The Bertz CT molecular complexity index is 1200. The lowest BCUT2D eigenvalue weighted by Gasteiger charge is -2.19. The third-order valence-corrected chi connectivity index (χ3v) is 5.42. The van der Waals surface area contributed by atoms with Gasteiger partial charge in [-0.05, 0) is 30.7 Å². The maximum absolute atomic E-state index is 13.0. The number of esters is 1. The molecular formula is C24H21ClN2O5. The van der Waals surface area contributed by atoms with Gasteiger partial charge >= 0.3 is 5.97 Å². The van der Waals surface area contributed by atoms with E-state index in [1.807, 2.05) is 19.1 Å². The molecule has 2 aromatic carbocycles. The zero-order valence-electron chi connectivity index (χ0n) is 17.6. The number of hydrogen-bond donors (Lipinski definition) is 0. The lowest BCUT2D eigenvalue weighted by atomic mass is 9.95. The number of nitro benzene ring substituents is 1. The molecule has 164 valence electrons. The summed E-state index contributed by atoms with van der Waals surface area (Å²) in [6.45, 7) is 5.46. The molecule has 3 rings (SSSR count). The molecule has 1 heterocycles. The molecule has 8 heteroatoms. The number of non-ortho nitro benzene ring substituents is 1. The Morgan fingerprint density at radius 3 is 2.47 bits per heavy atom. The minimum Gasteiger partial charge on any atom is -0.461 e. The van der Waals surface area contributed by atoms with Crippen molar-refractivity contribution < 1.29 is 19.2 Å². The van der Waals surface area contributed by atoms with Crippen molar-refractivity contribution in [1.29, 1.82) is 0 Å². The molecule has 0 saturated carbocycles. The van der Waals surface area contributed by atoms with E-state index < -0.39 is 16.8 Å². The van der Waals surface area contributed by atoms with E-state index >= 15 is 0 Å². The minimum atomic E-state index is -0.993. The normalized spacial score (nSPS) is 11.6. The van der Waals surface area contributed by atoms with Crippen LogP contribution >= 0.6 is 11.6 Å². The Hall–Kier alpha value is -3.71. The molecule has 0 aliphatic carbocycles. The van der Waals surface area contributed by atoms with Crippen LogP contribution in [0.15, 0.2) is 67.3 Å². The van der Waals surface area contributed by atoms with E-state index in [2.05, 4.69) is 6.58 Å². The Balaban J connectivity index is 2.07. The first kappa shape index (κ1) is 23.0. The Labute approximate surface area is 190 Å². The van der Waals surface area contributed by atoms with Crippen LogP contribution in [0, 0.1) is 17.0 Å². The van der Waals surface area contributed by atoms with Crippen LogP contribution in [0.5, 0.6) is 0 Å². The summed E-state index contributed by atoms with van der Waals surface area (Å²) in [7, 11) is 1.67. The number of carbonyl (C=O) groups excluding carboxylic acids is 2. The second-order valence-corrected chi connectivity index (χ2v) is 7.62. The van der Waals surface area contributed by atoms with Gasteiger partial charge in [-0.2, -0.15) is 0 Å². The van der Waals surface area contributed by atoms with Crippen LogP contribution in [0.2, 0.25) is 5.02 Å².